The lowest BCUT2D eigenvalue weighted by atomic mass is 10.0. The minimum atomic E-state index is -4.00. The number of methoxy groups -OCH3 is 2. The van der Waals surface area contributed by atoms with Gasteiger partial charge in [-0.2, -0.15) is 5.10 Å². The van der Waals surface area contributed by atoms with E-state index in [0.717, 1.165) is 27.9 Å². The Labute approximate surface area is 245 Å². The van der Waals surface area contributed by atoms with E-state index in [4.69, 9.17) is 14.6 Å². The summed E-state index contributed by atoms with van der Waals surface area (Å²) in [7, 11) is -0.855. The van der Waals surface area contributed by atoms with E-state index in [0.29, 0.717) is 22.9 Å². The molecule has 212 valence electrons. The molecule has 2 heterocycles. The number of aromatic nitrogens is 2. The first kappa shape index (κ1) is 27.3. The van der Waals surface area contributed by atoms with Crippen LogP contribution in [0.25, 0.3) is 22.6 Å². The van der Waals surface area contributed by atoms with Gasteiger partial charge in [-0.3, -0.25) is 0 Å². The van der Waals surface area contributed by atoms with E-state index in [1.807, 2.05) is 92.0 Å². The van der Waals surface area contributed by atoms with Crippen molar-refractivity contribution in [3.05, 3.63) is 132 Å². The molecule has 0 radical (unpaired) electrons. The predicted octanol–water partition coefficient (Wildman–Crippen LogP) is 6.16. The summed E-state index contributed by atoms with van der Waals surface area (Å²) in [5, 5.41) is 4.95. The Bertz CT molecular complexity index is 1850. The summed E-state index contributed by atoms with van der Waals surface area (Å²) >= 11 is 0. The molecule has 0 saturated carbocycles. The van der Waals surface area contributed by atoms with Gasteiger partial charge in [-0.1, -0.05) is 66.2 Å². The lowest BCUT2D eigenvalue weighted by molar-refractivity contribution is 0.347. The van der Waals surface area contributed by atoms with Crippen LogP contribution in [0.5, 0.6) is 11.5 Å². The van der Waals surface area contributed by atoms with Gasteiger partial charge in [0.2, 0.25) is 0 Å². The number of benzene rings is 4. The highest BCUT2D eigenvalue weighted by molar-refractivity contribution is 7.89. The first-order chi connectivity index (χ1) is 20.4. The first-order valence-corrected chi connectivity index (χ1v) is 14.9. The van der Waals surface area contributed by atoms with Crippen LogP contribution in [0.4, 0.5) is 0 Å². The molecule has 0 bridgehead atoms. The SMILES string of the molecule is COc1ccc(C2=CC(c3cn(-c4ccccc4)nc3-c3ccccc3)N(S(=O)(=O)c3ccc(C)cc3)N2)cc1OC. The maximum Gasteiger partial charge on any atom is 0.260 e. The van der Waals surface area contributed by atoms with Crippen molar-refractivity contribution in [3.63, 3.8) is 0 Å². The summed E-state index contributed by atoms with van der Waals surface area (Å²) in [6.07, 6.45) is 3.81. The second-order valence-corrected chi connectivity index (χ2v) is 11.7. The van der Waals surface area contributed by atoms with Crippen LogP contribution < -0.4 is 14.9 Å². The lowest BCUT2D eigenvalue weighted by Gasteiger charge is -2.25. The summed E-state index contributed by atoms with van der Waals surface area (Å²) in [5.41, 5.74) is 8.68. The zero-order valence-corrected chi connectivity index (χ0v) is 24.2. The molecule has 4 aromatic carbocycles. The number of hydrogen-bond acceptors (Lipinski definition) is 6. The number of nitrogens with zero attached hydrogens (tertiary/aromatic N) is 3. The molecule has 1 aliphatic rings. The van der Waals surface area contributed by atoms with E-state index < -0.39 is 16.1 Å². The summed E-state index contributed by atoms with van der Waals surface area (Å²) < 4.78 is 42.5. The number of para-hydroxylation sites is 1. The van der Waals surface area contributed by atoms with Gasteiger partial charge in [-0.15, -0.1) is 4.41 Å². The maximum atomic E-state index is 14.2. The number of hydrazine groups is 1. The molecule has 5 aromatic rings. The molecule has 0 spiro atoms. The average Bonchev–Trinajstić information content (AvgIpc) is 3.68. The van der Waals surface area contributed by atoms with Crippen molar-refractivity contribution in [1.29, 1.82) is 0 Å². The van der Waals surface area contributed by atoms with Crippen molar-refractivity contribution < 1.29 is 17.9 Å². The van der Waals surface area contributed by atoms with Crippen molar-refractivity contribution >= 4 is 15.7 Å². The number of hydrogen-bond donors (Lipinski definition) is 1. The van der Waals surface area contributed by atoms with Crippen molar-refractivity contribution in [3.8, 4) is 28.4 Å². The molecule has 0 aliphatic carbocycles. The van der Waals surface area contributed by atoms with E-state index in [-0.39, 0.29) is 4.90 Å². The normalized spacial score (nSPS) is 15.2. The predicted molar refractivity (Wildman–Crippen MR) is 163 cm³/mol. The van der Waals surface area contributed by atoms with Crippen LogP contribution in [-0.2, 0) is 10.0 Å². The van der Waals surface area contributed by atoms with Crippen molar-refractivity contribution in [2.24, 2.45) is 0 Å². The second kappa shape index (κ2) is 11.2. The Hall–Kier alpha value is -4.86. The molecular formula is C33H30N4O4S. The van der Waals surface area contributed by atoms with Crippen LogP contribution in [0.1, 0.15) is 22.7 Å². The smallest absolute Gasteiger partial charge is 0.260 e. The molecule has 8 nitrogen and oxygen atoms in total. The van der Waals surface area contributed by atoms with Crippen LogP contribution in [-0.4, -0.2) is 36.8 Å². The third-order valence-corrected chi connectivity index (χ3v) is 8.91. The summed E-state index contributed by atoms with van der Waals surface area (Å²) in [6.45, 7) is 1.92. The molecule has 6 rings (SSSR count). The van der Waals surface area contributed by atoms with E-state index in [2.05, 4.69) is 5.43 Å². The van der Waals surface area contributed by atoms with Gasteiger partial charge in [-0.05, 0) is 55.5 Å². The van der Waals surface area contributed by atoms with Crippen LogP contribution >= 0.6 is 0 Å². The van der Waals surface area contributed by atoms with Crippen molar-refractivity contribution in [2.75, 3.05) is 14.2 Å². The quantitative estimate of drug-likeness (QED) is 0.238. The van der Waals surface area contributed by atoms with Crippen LogP contribution in [0.3, 0.4) is 0 Å². The molecule has 1 N–H and O–H groups in total. The minimum absolute atomic E-state index is 0.185. The Morgan fingerprint density at radius 1 is 0.786 bits per heavy atom. The standard InChI is InChI=1S/C33H30N4O4S/c1-23-14-17-27(18-15-23)42(38,39)37-30(21-29(34-37)25-16-19-31(40-2)32(20-25)41-3)28-22-36(26-12-8-5-9-13-26)35-33(28)24-10-6-4-7-11-24/h4-22,30,34H,1-3H3. The highest BCUT2D eigenvalue weighted by Gasteiger charge is 2.39. The zero-order valence-electron chi connectivity index (χ0n) is 23.4. The Balaban J connectivity index is 1.54. The van der Waals surface area contributed by atoms with Crippen LogP contribution in [0.15, 0.2) is 120 Å². The van der Waals surface area contributed by atoms with E-state index in [1.165, 1.54) is 4.41 Å². The van der Waals surface area contributed by atoms with Gasteiger partial charge in [0.1, 0.15) is 0 Å². The molecule has 1 atom stereocenters. The molecule has 1 aliphatic heterocycles. The van der Waals surface area contributed by atoms with E-state index in [9.17, 15) is 8.42 Å². The Morgan fingerprint density at radius 2 is 1.45 bits per heavy atom. The minimum Gasteiger partial charge on any atom is -0.493 e. The Morgan fingerprint density at radius 3 is 2.12 bits per heavy atom. The molecule has 9 heteroatoms. The fraction of sp³-hybridized carbons (Fsp3) is 0.121. The molecule has 0 saturated heterocycles. The fourth-order valence-corrected chi connectivity index (χ4v) is 6.40. The third kappa shape index (κ3) is 5.04. The maximum absolute atomic E-state index is 14.2. The van der Waals surface area contributed by atoms with E-state index in [1.54, 1.807) is 49.2 Å². The second-order valence-electron chi connectivity index (χ2n) is 9.90. The van der Waals surface area contributed by atoms with Gasteiger partial charge < -0.3 is 14.9 Å². The number of rotatable bonds is 8. The number of sulfonamides is 1. The van der Waals surface area contributed by atoms with Gasteiger partial charge in [0.15, 0.2) is 11.5 Å². The molecule has 0 amide bonds. The zero-order chi connectivity index (χ0) is 29.3. The number of nitrogens with one attached hydrogen (secondary N) is 1. The highest BCUT2D eigenvalue weighted by Crippen LogP contribution is 2.41. The number of aryl methyl sites for hydroxylation is 1. The molecular weight excluding hydrogens is 548 g/mol. The fourth-order valence-electron chi connectivity index (χ4n) is 5.00. The van der Waals surface area contributed by atoms with E-state index >= 15 is 0 Å². The van der Waals surface area contributed by atoms with Gasteiger partial charge in [0.25, 0.3) is 10.0 Å². The molecule has 0 fully saturated rings. The summed E-state index contributed by atoms with van der Waals surface area (Å²) in [6, 6.07) is 31.2. The largest absolute Gasteiger partial charge is 0.493 e. The van der Waals surface area contributed by atoms with Gasteiger partial charge in [0.05, 0.1) is 42.2 Å². The topological polar surface area (TPSA) is 85.7 Å². The first-order valence-electron chi connectivity index (χ1n) is 13.4. The van der Waals surface area contributed by atoms with Gasteiger partial charge in [-0.25, -0.2) is 13.1 Å². The molecule has 1 aromatic heterocycles. The average molecular weight is 579 g/mol. The Kier molecular flexibility index (Phi) is 7.28. The monoisotopic (exact) mass is 578 g/mol. The van der Waals surface area contributed by atoms with Crippen molar-refractivity contribution in [2.45, 2.75) is 17.9 Å². The van der Waals surface area contributed by atoms with Crippen LogP contribution in [0, 0.1) is 6.92 Å². The van der Waals surface area contributed by atoms with Gasteiger partial charge >= 0.3 is 0 Å². The summed E-state index contributed by atoms with van der Waals surface area (Å²) in [5.74, 6) is 1.12. The van der Waals surface area contributed by atoms with Crippen LogP contribution in [0.2, 0.25) is 0 Å². The van der Waals surface area contributed by atoms with Gasteiger partial charge in [0, 0.05) is 22.9 Å². The molecule has 42 heavy (non-hydrogen) atoms. The lowest BCUT2D eigenvalue weighted by Crippen LogP contribution is -2.39. The summed E-state index contributed by atoms with van der Waals surface area (Å²) in [4.78, 5) is 0.185. The van der Waals surface area contributed by atoms with Crippen molar-refractivity contribution in [1.82, 2.24) is 19.6 Å². The highest BCUT2D eigenvalue weighted by atomic mass is 32.2. The molecule has 1 unspecified atom stereocenters. The number of ether oxygens (including phenoxy) is 2. The third-order valence-electron chi connectivity index (χ3n) is 7.21.